The Balaban J connectivity index is 1.34. The molecule has 0 fully saturated rings. The normalized spacial score (nSPS) is 11.0. The number of hydrogen-bond donors (Lipinski definition) is 1. The van der Waals surface area contributed by atoms with E-state index < -0.39 is 5.97 Å². The fourth-order valence-corrected chi connectivity index (χ4v) is 3.66. The van der Waals surface area contributed by atoms with E-state index in [4.69, 9.17) is 28.0 Å². The Morgan fingerprint density at radius 3 is 2.42 bits per heavy atom. The molecule has 0 saturated heterocycles. The van der Waals surface area contributed by atoms with Crippen LogP contribution in [0, 0.1) is 0 Å². The van der Waals surface area contributed by atoms with Gasteiger partial charge in [-0.3, -0.25) is 4.79 Å². The summed E-state index contributed by atoms with van der Waals surface area (Å²) in [6.45, 7) is 0. The number of nitrogens with one attached hydrogen (secondary N) is 1. The van der Waals surface area contributed by atoms with Gasteiger partial charge in [-0.15, -0.1) is 10.2 Å². The molecule has 33 heavy (non-hydrogen) atoms. The molecule has 0 radical (unpaired) electrons. The quantitative estimate of drug-likeness (QED) is 0.235. The Hall–Kier alpha value is -3.74. The van der Waals surface area contributed by atoms with Crippen LogP contribution in [0.3, 0.4) is 0 Å². The van der Waals surface area contributed by atoms with E-state index in [1.165, 1.54) is 12.1 Å². The summed E-state index contributed by atoms with van der Waals surface area (Å²) >= 11 is 11.8. The first kappa shape index (κ1) is 22.5. The van der Waals surface area contributed by atoms with Gasteiger partial charge in [-0.1, -0.05) is 65.7 Å². The fourth-order valence-electron chi connectivity index (χ4n) is 3.17. The molecule has 4 aromatic carbocycles. The molecule has 0 saturated carbocycles. The van der Waals surface area contributed by atoms with Crippen molar-refractivity contribution in [3.8, 4) is 0 Å². The van der Waals surface area contributed by atoms with Crippen LogP contribution in [0.1, 0.15) is 15.9 Å². The summed E-state index contributed by atoms with van der Waals surface area (Å²) in [6, 6.07) is 24.8. The number of rotatable bonds is 6. The molecular weight excluding hydrogens is 461 g/mol. The van der Waals surface area contributed by atoms with Crippen molar-refractivity contribution in [2.45, 2.75) is 6.42 Å². The van der Waals surface area contributed by atoms with E-state index in [0.29, 0.717) is 16.4 Å². The Labute approximate surface area is 199 Å². The zero-order valence-electron chi connectivity index (χ0n) is 17.2. The highest BCUT2D eigenvalue weighted by Gasteiger charge is 2.13. The van der Waals surface area contributed by atoms with Crippen LogP contribution in [0.15, 0.2) is 95.2 Å². The van der Waals surface area contributed by atoms with Crippen LogP contribution in [0.2, 0.25) is 10.0 Å². The Bertz CT molecular complexity index is 1350. The molecule has 0 aromatic heterocycles. The molecule has 164 valence electrons. The molecule has 4 rings (SSSR count). The number of hydrogen-bond acceptors (Lipinski definition) is 5. The van der Waals surface area contributed by atoms with Crippen molar-refractivity contribution >= 4 is 57.2 Å². The number of nitrogens with zero attached hydrogens (tertiary/aromatic N) is 2. The van der Waals surface area contributed by atoms with Crippen LogP contribution in [0.25, 0.3) is 10.8 Å². The highest BCUT2D eigenvalue weighted by atomic mass is 35.5. The van der Waals surface area contributed by atoms with Gasteiger partial charge in [0.05, 0.1) is 28.4 Å². The van der Waals surface area contributed by atoms with E-state index in [2.05, 4.69) is 15.7 Å². The predicted molar refractivity (Wildman–Crippen MR) is 129 cm³/mol. The zero-order chi connectivity index (χ0) is 23.2. The molecule has 1 N–H and O–H groups in total. The lowest BCUT2D eigenvalue weighted by Crippen LogP contribution is -2.11. The van der Waals surface area contributed by atoms with Gasteiger partial charge in [0, 0.05) is 5.02 Å². The summed E-state index contributed by atoms with van der Waals surface area (Å²) in [6.07, 6.45) is 0.160. The first-order chi connectivity index (χ1) is 16.0. The molecule has 0 bridgehead atoms. The number of carbonyl (C=O) groups excluding carboxylic acids is 2. The minimum Gasteiger partial charge on any atom is -0.338 e. The SMILES string of the molecule is O=C(Cc1cccc2ccccc12)N=Nc1ccc(NOC(=O)c2ccc(Cl)cc2Cl)cc1. The molecule has 0 aliphatic heterocycles. The number of halogens is 2. The lowest BCUT2D eigenvalue weighted by Gasteiger charge is -2.08. The Morgan fingerprint density at radius 2 is 1.64 bits per heavy atom. The van der Waals surface area contributed by atoms with Crippen LogP contribution in [0.4, 0.5) is 11.4 Å². The van der Waals surface area contributed by atoms with Crippen LogP contribution < -0.4 is 5.48 Å². The van der Waals surface area contributed by atoms with Gasteiger partial charge < -0.3 is 4.84 Å². The molecule has 0 spiro atoms. The van der Waals surface area contributed by atoms with E-state index in [1.54, 1.807) is 30.3 Å². The number of amides is 1. The molecule has 1 amide bonds. The summed E-state index contributed by atoms with van der Waals surface area (Å²) in [5.74, 6) is -0.998. The number of carbonyl (C=O) groups is 2. The second-order valence-corrected chi connectivity index (χ2v) is 7.92. The monoisotopic (exact) mass is 477 g/mol. The molecular formula is C25H17Cl2N3O3. The predicted octanol–water partition coefficient (Wildman–Crippen LogP) is 7.18. The fraction of sp³-hybridized carbons (Fsp3) is 0.0400. The van der Waals surface area contributed by atoms with Crippen LogP contribution in [0.5, 0.6) is 0 Å². The second kappa shape index (κ2) is 10.3. The van der Waals surface area contributed by atoms with Crippen molar-refractivity contribution in [3.05, 3.63) is 106 Å². The summed E-state index contributed by atoms with van der Waals surface area (Å²) in [5, 5.41) is 10.5. The van der Waals surface area contributed by atoms with Gasteiger partial charge in [-0.25, -0.2) is 10.3 Å². The van der Waals surface area contributed by atoms with E-state index in [-0.39, 0.29) is 22.9 Å². The average molecular weight is 478 g/mol. The highest BCUT2D eigenvalue weighted by molar-refractivity contribution is 6.36. The lowest BCUT2D eigenvalue weighted by molar-refractivity contribution is -0.117. The van der Waals surface area contributed by atoms with Crippen LogP contribution in [-0.2, 0) is 16.1 Å². The van der Waals surface area contributed by atoms with Crippen LogP contribution >= 0.6 is 23.2 Å². The summed E-state index contributed by atoms with van der Waals surface area (Å²) < 4.78 is 0. The minimum absolute atomic E-state index is 0.160. The molecule has 0 heterocycles. The number of fused-ring (bicyclic) bond motifs is 1. The van der Waals surface area contributed by atoms with Crippen molar-refractivity contribution < 1.29 is 14.4 Å². The Morgan fingerprint density at radius 1 is 0.879 bits per heavy atom. The van der Waals surface area contributed by atoms with Gasteiger partial charge in [-0.2, -0.15) is 0 Å². The smallest absolute Gasteiger partial charge is 0.338 e. The van der Waals surface area contributed by atoms with Gasteiger partial charge in [0.1, 0.15) is 0 Å². The summed E-state index contributed by atoms with van der Waals surface area (Å²) in [7, 11) is 0. The van der Waals surface area contributed by atoms with Gasteiger partial charge in [0.2, 0.25) is 0 Å². The first-order valence-electron chi connectivity index (χ1n) is 9.93. The molecule has 4 aromatic rings. The summed E-state index contributed by atoms with van der Waals surface area (Å²) in [4.78, 5) is 29.5. The van der Waals surface area contributed by atoms with E-state index in [9.17, 15) is 9.59 Å². The lowest BCUT2D eigenvalue weighted by atomic mass is 10.0. The average Bonchev–Trinajstić information content (AvgIpc) is 2.82. The maximum Gasteiger partial charge on any atom is 0.364 e. The molecule has 0 aliphatic carbocycles. The molecule has 8 heteroatoms. The van der Waals surface area contributed by atoms with E-state index in [1.807, 2.05) is 42.5 Å². The first-order valence-corrected chi connectivity index (χ1v) is 10.7. The largest absolute Gasteiger partial charge is 0.364 e. The third kappa shape index (κ3) is 5.74. The Kier molecular flexibility index (Phi) is 6.98. The second-order valence-electron chi connectivity index (χ2n) is 7.07. The van der Waals surface area contributed by atoms with Gasteiger partial charge >= 0.3 is 5.97 Å². The van der Waals surface area contributed by atoms with Crippen molar-refractivity contribution in [1.29, 1.82) is 0 Å². The van der Waals surface area contributed by atoms with E-state index >= 15 is 0 Å². The van der Waals surface area contributed by atoms with Crippen molar-refractivity contribution in [1.82, 2.24) is 0 Å². The molecule has 0 unspecified atom stereocenters. The van der Waals surface area contributed by atoms with Gasteiger partial charge in [0.25, 0.3) is 5.91 Å². The van der Waals surface area contributed by atoms with Gasteiger partial charge in [-0.05, 0) is 58.8 Å². The zero-order valence-corrected chi connectivity index (χ0v) is 18.7. The topological polar surface area (TPSA) is 80.1 Å². The molecule has 0 atom stereocenters. The maximum atomic E-state index is 12.3. The standard InChI is InChI=1S/C25H17Cl2N3O3/c26-18-8-13-22(23(27)15-18)25(32)33-30-20-11-9-19(10-12-20)28-29-24(31)14-17-6-3-5-16-4-1-2-7-21(16)17/h1-13,15,30H,14H2. The highest BCUT2D eigenvalue weighted by Crippen LogP contribution is 2.23. The minimum atomic E-state index is -0.653. The van der Waals surface area contributed by atoms with Gasteiger partial charge in [0.15, 0.2) is 0 Å². The number of benzene rings is 4. The summed E-state index contributed by atoms with van der Waals surface area (Å²) in [5.41, 5.74) is 4.63. The third-order valence-corrected chi connectivity index (χ3v) is 5.33. The van der Waals surface area contributed by atoms with Crippen molar-refractivity contribution in [2.24, 2.45) is 10.2 Å². The number of anilines is 1. The molecule has 6 nitrogen and oxygen atoms in total. The number of azo groups is 1. The third-order valence-electron chi connectivity index (χ3n) is 4.78. The van der Waals surface area contributed by atoms with Crippen molar-refractivity contribution in [3.63, 3.8) is 0 Å². The van der Waals surface area contributed by atoms with Crippen LogP contribution in [-0.4, -0.2) is 11.9 Å². The van der Waals surface area contributed by atoms with Crippen molar-refractivity contribution in [2.75, 3.05) is 5.48 Å². The maximum absolute atomic E-state index is 12.3. The molecule has 0 aliphatic rings. The van der Waals surface area contributed by atoms with E-state index in [0.717, 1.165) is 16.3 Å².